The van der Waals surface area contributed by atoms with Gasteiger partial charge in [-0.05, 0) is 13.8 Å². The van der Waals surface area contributed by atoms with Gasteiger partial charge in [0, 0.05) is 5.41 Å². The van der Waals surface area contributed by atoms with E-state index < -0.39 is 0 Å². The molecule has 3 aromatic heterocycles. The normalized spacial score (nSPS) is 12.0. The summed E-state index contributed by atoms with van der Waals surface area (Å²) in [6, 6.07) is 0. The second kappa shape index (κ2) is 6.04. The maximum atomic E-state index is 5.68. The first-order chi connectivity index (χ1) is 10.8. The monoisotopic (exact) mass is 351 g/mol. The predicted molar refractivity (Wildman–Crippen MR) is 87.4 cm³/mol. The number of thioether (sulfide) groups is 1. The highest BCUT2D eigenvalue weighted by molar-refractivity contribution is 7.98. The smallest absolute Gasteiger partial charge is 0.277 e. The van der Waals surface area contributed by atoms with Crippen molar-refractivity contribution in [2.45, 2.75) is 51.0 Å². The van der Waals surface area contributed by atoms with Crippen LogP contribution in [0, 0.1) is 13.8 Å². The summed E-state index contributed by atoms with van der Waals surface area (Å²) >= 11 is 2.93. The third-order valence-corrected chi connectivity index (χ3v) is 4.81. The highest BCUT2D eigenvalue weighted by Crippen LogP contribution is 2.31. The molecule has 122 valence electrons. The van der Waals surface area contributed by atoms with Gasteiger partial charge in [-0.15, -0.1) is 21.5 Å². The third-order valence-electron chi connectivity index (χ3n) is 2.94. The third kappa shape index (κ3) is 3.61. The lowest BCUT2D eigenvalue weighted by Crippen LogP contribution is -2.11. The molecule has 0 unspecified atom stereocenters. The molecule has 0 aliphatic heterocycles. The summed E-state index contributed by atoms with van der Waals surface area (Å²) in [6.07, 6.45) is 0. The number of nitrogens with zero attached hydrogens (tertiary/aromatic N) is 5. The first kappa shape index (κ1) is 16.1. The van der Waals surface area contributed by atoms with Crippen molar-refractivity contribution in [3.8, 4) is 10.8 Å². The molecule has 3 rings (SSSR count). The van der Waals surface area contributed by atoms with Crippen LogP contribution in [0.25, 0.3) is 10.8 Å². The summed E-state index contributed by atoms with van der Waals surface area (Å²) in [5.74, 6) is 2.25. The van der Waals surface area contributed by atoms with Crippen molar-refractivity contribution in [2.24, 2.45) is 0 Å². The van der Waals surface area contributed by atoms with Gasteiger partial charge >= 0.3 is 0 Å². The van der Waals surface area contributed by atoms with Crippen LogP contribution in [0.15, 0.2) is 14.2 Å². The van der Waals surface area contributed by atoms with Crippen molar-refractivity contribution >= 4 is 23.1 Å². The molecule has 3 heterocycles. The van der Waals surface area contributed by atoms with Gasteiger partial charge in [0.1, 0.15) is 4.88 Å². The van der Waals surface area contributed by atoms with Crippen LogP contribution >= 0.6 is 23.1 Å². The van der Waals surface area contributed by atoms with Crippen LogP contribution in [0.4, 0.5) is 0 Å². The van der Waals surface area contributed by atoms with Gasteiger partial charge in [0.2, 0.25) is 5.89 Å². The van der Waals surface area contributed by atoms with Crippen molar-refractivity contribution in [3.63, 3.8) is 0 Å². The van der Waals surface area contributed by atoms with Gasteiger partial charge in [-0.2, -0.15) is 4.98 Å². The van der Waals surface area contributed by atoms with Gasteiger partial charge in [0.15, 0.2) is 5.82 Å². The second-order valence-electron chi connectivity index (χ2n) is 6.07. The van der Waals surface area contributed by atoms with E-state index in [0.29, 0.717) is 28.6 Å². The molecule has 0 saturated carbocycles. The fourth-order valence-corrected chi connectivity index (χ4v) is 3.28. The Labute approximate surface area is 141 Å². The largest absolute Gasteiger partial charge is 0.410 e. The van der Waals surface area contributed by atoms with E-state index in [-0.39, 0.29) is 5.41 Å². The van der Waals surface area contributed by atoms with E-state index in [1.54, 1.807) is 11.3 Å². The molecule has 3 aromatic rings. The molecule has 0 bridgehead atoms. The topological polar surface area (TPSA) is 90.7 Å². The zero-order valence-electron chi connectivity index (χ0n) is 13.6. The van der Waals surface area contributed by atoms with E-state index in [0.717, 1.165) is 15.6 Å². The van der Waals surface area contributed by atoms with Crippen LogP contribution < -0.4 is 0 Å². The van der Waals surface area contributed by atoms with Crippen molar-refractivity contribution in [2.75, 3.05) is 0 Å². The molecule has 0 aliphatic rings. The zero-order valence-corrected chi connectivity index (χ0v) is 15.2. The summed E-state index contributed by atoms with van der Waals surface area (Å²) < 4.78 is 10.9. The minimum Gasteiger partial charge on any atom is -0.410 e. The lowest BCUT2D eigenvalue weighted by atomic mass is 9.97. The Bertz CT molecular complexity index is 815. The highest BCUT2D eigenvalue weighted by atomic mass is 32.2. The van der Waals surface area contributed by atoms with Crippen molar-refractivity contribution in [3.05, 3.63) is 22.4 Å². The van der Waals surface area contributed by atoms with E-state index in [4.69, 9.17) is 8.94 Å². The molecule has 23 heavy (non-hydrogen) atoms. The van der Waals surface area contributed by atoms with Crippen molar-refractivity contribution in [1.82, 2.24) is 25.3 Å². The molecule has 0 fully saturated rings. The Balaban J connectivity index is 1.68. The van der Waals surface area contributed by atoms with E-state index in [1.807, 2.05) is 34.6 Å². The summed E-state index contributed by atoms with van der Waals surface area (Å²) in [4.78, 5) is 9.66. The van der Waals surface area contributed by atoms with Gasteiger partial charge < -0.3 is 8.94 Å². The lowest BCUT2D eigenvalue weighted by Gasteiger charge is -2.10. The number of rotatable bonds is 4. The molecule has 0 spiro atoms. The first-order valence-electron chi connectivity index (χ1n) is 7.06. The molecule has 7 nitrogen and oxygen atoms in total. The van der Waals surface area contributed by atoms with Gasteiger partial charge in [-0.3, -0.25) is 0 Å². The van der Waals surface area contributed by atoms with Crippen molar-refractivity contribution in [1.29, 1.82) is 0 Å². The number of aromatic nitrogens is 5. The molecule has 0 N–H and O–H groups in total. The molecule has 0 aromatic carbocycles. The maximum Gasteiger partial charge on any atom is 0.277 e. The maximum absolute atomic E-state index is 5.68. The molecular formula is C14H17N5O2S2. The zero-order chi connectivity index (χ0) is 16.6. The predicted octanol–water partition coefficient (Wildman–Crippen LogP) is 3.78. The summed E-state index contributed by atoms with van der Waals surface area (Å²) in [5, 5.41) is 13.6. The fourth-order valence-electron chi connectivity index (χ4n) is 1.83. The van der Waals surface area contributed by atoms with Crippen LogP contribution in [0.1, 0.15) is 43.2 Å². The van der Waals surface area contributed by atoms with E-state index in [1.165, 1.54) is 11.8 Å². The SMILES string of the molecule is Cc1nc(C)c(-c2nnc(SCc3noc(C(C)(C)C)n3)o2)s1. The van der Waals surface area contributed by atoms with Crippen LogP contribution in [-0.2, 0) is 11.2 Å². The molecule has 0 saturated heterocycles. The fraction of sp³-hybridized carbons (Fsp3) is 0.500. The minimum absolute atomic E-state index is 0.158. The van der Waals surface area contributed by atoms with Crippen molar-refractivity contribution < 1.29 is 8.94 Å². The highest BCUT2D eigenvalue weighted by Gasteiger charge is 2.22. The minimum atomic E-state index is -0.158. The molecule has 0 radical (unpaired) electrons. The van der Waals surface area contributed by atoms with Gasteiger partial charge in [-0.25, -0.2) is 4.98 Å². The van der Waals surface area contributed by atoms with Crippen LogP contribution in [0.3, 0.4) is 0 Å². The Hall–Kier alpha value is -1.74. The van der Waals surface area contributed by atoms with E-state index in [9.17, 15) is 0 Å². The Morgan fingerprint density at radius 1 is 1.13 bits per heavy atom. The number of thiazole rings is 1. The van der Waals surface area contributed by atoms with Crippen LogP contribution in [-0.4, -0.2) is 25.3 Å². The molecule has 0 atom stereocenters. The van der Waals surface area contributed by atoms with Gasteiger partial charge in [-0.1, -0.05) is 37.7 Å². The van der Waals surface area contributed by atoms with Crippen LogP contribution in [0.5, 0.6) is 0 Å². The average Bonchev–Trinajstić information content (AvgIpc) is 3.15. The second-order valence-corrected chi connectivity index (χ2v) is 8.20. The van der Waals surface area contributed by atoms with Crippen LogP contribution in [0.2, 0.25) is 0 Å². The average molecular weight is 351 g/mol. The Morgan fingerprint density at radius 2 is 1.91 bits per heavy atom. The molecule has 0 aliphatic carbocycles. The van der Waals surface area contributed by atoms with E-state index in [2.05, 4.69) is 25.3 Å². The van der Waals surface area contributed by atoms with Gasteiger partial charge in [0.05, 0.1) is 16.5 Å². The Kier molecular flexibility index (Phi) is 4.24. The van der Waals surface area contributed by atoms with Gasteiger partial charge in [0.25, 0.3) is 11.1 Å². The molecular weight excluding hydrogens is 334 g/mol. The quantitative estimate of drug-likeness (QED) is 0.656. The number of aryl methyl sites for hydroxylation is 2. The summed E-state index contributed by atoms with van der Waals surface area (Å²) in [5.41, 5.74) is 0.746. The summed E-state index contributed by atoms with van der Waals surface area (Å²) in [7, 11) is 0. The Morgan fingerprint density at radius 3 is 2.52 bits per heavy atom. The number of hydrogen-bond acceptors (Lipinski definition) is 9. The van der Waals surface area contributed by atoms with E-state index >= 15 is 0 Å². The summed E-state index contributed by atoms with van der Waals surface area (Å²) in [6.45, 7) is 9.97. The first-order valence-corrected chi connectivity index (χ1v) is 8.87. The standard InChI is InChI=1S/C14H17N5O2S2/c1-7-10(23-8(2)15-7)11-17-18-13(20-11)22-6-9-16-12(21-19-9)14(3,4)5/h6H2,1-5H3. The number of hydrogen-bond donors (Lipinski definition) is 0. The molecule has 0 amide bonds. The lowest BCUT2D eigenvalue weighted by molar-refractivity contribution is 0.319. The molecule has 9 heteroatoms.